The molecule has 0 saturated heterocycles. The van der Waals surface area contributed by atoms with Crippen LogP contribution in [-0.4, -0.2) is 9.66 Å². The van der Waals surface area contributed by atoms with Gasteiger partial charge in [0.05, 0.1) is 6.04 Å². The lowest BCUT2D eigenvalue weighted by Gasteiger charge is -2.16. The first-order chi connectivity index (χ1) is 8.16. The molecule has 0 saturated carbocycles. The number of rotatable bonds is 3. The molecule has 0 radical (unpaired) electrons. The van der Waals surface area contributed by atoms with Crippen LogP contribution in [0.5, 0.6) is 0 Å². The summed E-state index contributed by atoms with van der Waals surface area (Å²) in [5.74, 6) is 0. The number of hydrogen-bond donors (Lipinski definition) is 2. The summed E-state index contributed by atoms with van der Waals surface area (Å²) in [6, 6.07) is 11.0. The summed E-state index contributed by atoms with van der Waals surface area (Å²) in [5, 5.41) is 0. The van der Waals surface area contributed by atoms with Crippen LogP contribution >= 0.6 is 0 Å². The van der Waals surface area contributed by atoms with E-state index in [1.807, 2.05) is 37.3 Å². The van der Waals surface area contributed by atoms with Crippen molar-refractivity contribution in [3.05, 3.63) is 69.0 Å². The Labute approximate surface area is 97.7 Å². The molecule has 5 heteroatoms. The molecule has 88 valence electrons. The van der Waals surface area contributed by atoms with Gasteiger partial charge in [0.2, 0.25) is 0 Å². The second-order valence-corrected chi connectivity index (χ2v) is 3.74. The molecule has 0 bridgehead atoms. The number of H-pyrrole nitrogens is 1. The highest BCUT2D eigenvalue weighted by molar-refractivity contribution is 5.20. The van der Waals surface area contributed by atoms with Gasteiger partial charge in [-0.3, -0.25) is 9.78 Å². The third-order valence-electron chi connectivity index (χ3n) is 2.46. The van der Waals surface area contributed by atoms with Gasteiger partial charge in [-0.1, -0.05) is 30.3 Å². The van der Waals surface area contributed by atoms with E-state index in [1.165, 1.54) is 16.9 Å². The lowest BCUT2D eigenvalue weighted by molar-refractivity contribution is 0.683. The zero-order chi connectivity index (χ0) is 12.3. The molecule has 2 aromatic rings. The first-order valence-electron chi connectivity index (χ1n) is 5.30. The fourth-order valence-corrected chi connectivity index (χ4v) is 1.54. The van der Waals surface area contributed by atoms with Crippen LogP contribution in [0.3, 0.4) is 0 Å². The number of aromatic nitrogens is 2. The largest absolute Gasteiger partial charge is 0.346 e. The Kier molecular flexibility index (Phi) is 3.09. The normalized spacial score (nSPS) is 12.1. The topological polar surface area (TPSA) is 66.9 Å². The van der Waals surface area contributed by atoms with Gasteiger partial charge in [-0.15, -0.1) is 0 Å². The fraction of sp³-hybridized carbons (Fsp3) is 0.167. The predicted octanol–water partition coefficient (Wildman–Crippen LogP) is 0.841. The van der Waals surface area contributed by atoms with E-state index in [9.17, 15) is 9.59 Å². The lowest BCUT2D eigenvalue weighted by atomic mass is 10.1. The van der Waals surface area contributed by atoms with Crippen molar-refractivity contribution in [3.8, 4) is 0 Å². The lowest BCUT2D eigenvalue weighted by Crippen LogP contribution is -2.35. The Balaban J connectivity index is 2.22. The van der Waals surface area contributed by atoms with Crippen LogP contribution in [0.2, 0.25) is 0 Å². The van der Waals surface area contributed by atoms with Gasteiger partial charge in [0.15, 0.2) is 0 Å². The van der Waals surface area contributed by atoms with Gasteiger partial charge < -0.3 is 5.43 Å². The van der Waals surface area contributed by atoms with Crippen LogP contribution in [0.15, 0.2) is 52.2 Å². The minimum Gasteiger partial charge on any atom is -0.315 e. The van der Waals surface area contributed by atoms with Gasteiger partial charge in [-0.25, -0.2) is 9.47 Å². The first kappa shape index (κ1) is 11.2. The molecule has 2 rings (SSSR count). The zero-order valence-corrected chi connectivity index (χ0v) is 9.38. The maximum Gasteiger partial charge on any atom is 0.346 e. The van der Waals surface area contributed by atoms with E-state index in [1.54, 1.807) is 0 Å². The van der Waals surface area contributed by atoms with Crippen molar-refractivity contribution in [2.75, 3.05) is 5.43 Å². The Morgan fingerprint density at radius 2 is 1.88 bits per heavy atom. The number of hydrogen-bond acceptors (Lipinski definition) is 3. The Morgan fingerprint density at radius 1 is 1.18 bits per heavy atom. The molecule has 0 aliphatic heterocycles. The van der Waals surface area contributed by atoms with E-state index in [0.717, 1.165) is 5.56 Å². The minimum absolute atomic E-state index is 0.0280. The monoisotopic (exact) mass is 231 g/mol. The van der Waals surface area contributed by atoms with Crippen LogP contribution in [0.4, 0.5) is 0 Å². The number of aromatic amines is 1. The SMILES string of the molecule is CC(Nn1ccc(=O)[nH]c1=O)c1ccccc1. The molecular weight excluding hydrogens is 218 g/mol. The molecule has 5 nitrogen and oxygen atoms in total. The molecule has 1 atom stereocenters. The van der Waals surface area contributed by atoms with Gasteiger partial charge in [0, 0.05) is 12.3 Å². The molecule has 1 aromatic heterocycles. The van der Waals surface area contributed by atoms with Crippen molar-refractivity contribution in [2.24, 2.45) is 0 Å². The highest BCUT2D eigenvalue weighted by atomic mass is 16.2. The molecule has 1 aromatic carbocycles. The molecule has 0 amide bonds. The van der Waals surface area contributed by atoms with Crippen LogP contribution < -0.4 is 16.7 Å². The zero-order valence-electron chi connectivity index (χ0n) is 9.38. The van der Waals surface area contributed by atoms with Crippen molar-refractivity contribution in [1.82, 2.24) is 9.66 Å². The smallest absolute Gasteiger partial charge is 0.315 e. The summed E-state index contributed by atoms with van der Waals surface area (Å²) < 4.78 is 1.26. The molecule has 2 N–H and O–H groups in total. The van der Waals surface area contributed by atoms with Crippen molar-refractivity contribution < 1.29 is 0 Å². The molecule has 0 aliphatic rings. The van der Waals surface area contributed by atoms with E-state index < -0.39 is 11.2 Å². The fourth-order valence-electron chi connectivity index (χ4n) is 1.54. The van der Waals surface area contributed by atoms with Crippen molar-refractivity contribution in [2.45, 2.75) is 13.0 Å². The Bertz CT molecular complexity index is 601. The van der Waals surface area contributed by atoms with Crippen molar-refractivity contribution >= 4 is 0 Å². The van der Waals surface area contributed by atoms with Crippen LogP contribution in [-0.2, 0) is 0 Å². The van der Waals surface area contributed by atoms with E-state index >= 15 is 0 Å². The molecule has 1 heterocycles. The van der Waals surface area contributed by atoms with Crippen LogP contribution in [0, 0.1) is 0 Å². The predicted molar refractivity (Wildman–Crippen MR) is 65.5 cm³/mol. The number of benzene rings is 1. The quantitative estimate of drug-likeness (QED) is 0.822. The minimum atomic E-state index is -0.472. The van der Waals surface area contributed by atoms with Gasteiger partial charge in [0.25, 0.3) is 5.56 Å². The molecule has 0 fully saturated rings. The van der Waals surface area contributed by atoms with Crippen LogP contribution in [0.25, 0.3) is 0 Å². The van der Waals surface area contributed by atoms with E-state index in [-0.39, 0.29) is 6.04 Å². The van der Waals surface area contributed by atoms with Gasteiger partial charge in [-0.05, 0) is 12.5 Å². The number of nitrogens with one attached hydrogen (secondary N) is 2. The molecule has 17 heavy (non-hydrogen) atoms. The summed E-state index contributed by atoms with van der Waals surface area (Å²) in [4.78, 5) is 24.5. The summed E-state index contributed by atoms with van der Waals surface area (Å²) in [6.07, 6.45) is 1.42. The maximum atomic E-state index is 11.5. The third kappa shape index (κ3) is 2.63. The van der Waals surface area contributed by atoms with Crippen LogP contribution in [0.1, 0.15) is 18.5 Å². The highest BCUT2D eigenvalue weighted by Gasteiger charge is 2.04. The van der Waals surface area contributed by atoms with Gasteiger partial charge in [0.1, 0.15) is 0 Å². The van der Waals surface area contributed by atoms with Crippen molar-refractivity contribution in [1.29, 1.82) is 0 Å². The number of nitrogens with zero attached hydrogens (tertiary/aromatic N) is 1. The van der Waals surface area contributed by atoms with E-state index in [2.05, 4.69) is 10.4 Å². The van der Waals surface area contributed by atoms with Gasteiger partial charge in [-0.2, -0.15) is 0 Å². The average molecular weight is 231 g/mol. The van der Waals surface area contributed by atoms with E-state index in [0.29, 0.717) is 0 Å². The summed E-state index contributed by atoms with van der Waals surface area (Å²) in [6.45, 7) is 1.94. The second kappa shape index (κ2) is 4.69. The van der Waals surface area contributed by atoms with E-state index in [4.69, 9.17) is 0 Å². The summed E-state index contributed by atoms with van der Waals surface area (Å²) in [7, 11) is 0. The molecule has 1 unspecified atom stereocenters. The standard InChI is InChI=1S/C12H13N3O2/c1-9(10-5-3-2-4-6-10)14-15-8-7-11(16)13-12(15)17/h2-9,14H,1H3,(H,13,16,17). The molecular formula is C12H13N3O2. The Hall–Kier alpha value is -2.30. The average Bonchev–Trinajstić information content (AvgIpc) is 2.34. The highest BCUT2D eigenvalue weighted by Crippen LogP contribution is 2.11. The first-order valence-corrected chi connectivity index (χ1v) is 5.30. The Morgan fingerprint density at radius 3 is 2.53 bits per heavy atom. The summed E-state index contributed by atoms with van der Waals surface area (Å²) >= 11 is 0. The third-order valence-corrected chi connectivity index (χ3v) is 2.46. The molecule has 0 aliphatic carbocycles. The second-order valence-electron chi connectivity index (χ2n) is 3.74. The summed E-state index contributed by atoms with van der Waals surface area (Å²) in [5.41, 5.74) is 3.17. The van der Waals surface area contributed by atoms with Crippen molar-refractivity contribution in [3.63, 3.8) is 0 Å². The van der Waals surface area contributed by atoms with Gasteiger partial charge >= 0.3 is 5.69 Å². The maximum absolute atomic E-state index is 11.5. The molecule has 0 spiro atoms.